The van der Waals surface area contributed by atoms with Gasteiger partial charge in [-0.2, -0.15) is 5.10 Å². The summed E-state index contributed by atoms with van der Waals surface area (Å²) in [7, 11) is 0. The number of pyridine rings is 1. The minimum Gasteiger partial charge on any atom is -0.310 e. The number of nitrogens with one attached hydrogen (secondary N) is 1. The van der Waals surface area contributed by atoms with E-state index < -0.39 is 24.0 Å². The third kappa shape index (κ3) is 4.35. The normalized spacial score (nSPS) is 11.1. The number of imidazole rings is 1. The molecule has 0 aliphatic heterocycles. The van der Waals surface area contributed by atoms with E-state index in [1.807, 2.05) is 0 Å². The standard InChI is InChI=1S/C26H18F3N5O/c1-15-12-16(7-8-19(15)27)25-26(34-23(33-25)6-3-10-31-34)17-9-11-30-22(13-17)32-24(35)14-18-20(28)4-2-5-21(18)29/h2-13H,14H2,1H3,(H,30,32,35). The number of anilines is 1. The number of carbonyl (C=O) groups excluding carboxylic acids is 1. The highest BCUT2D eigenvalue weighted by molar-refractivity contribution is 5.92. The van der Waals surface area contributed by atoms with Crippen molar-refractivity contribution in [3.05, 3.63) is 102 Å². The van der Waals surface area contributed by atoms with Crippen LogP contribution in [0.1, 0.15) is 11.1 Å². The summed E-state index contributed by atoms with van der Waals surface area (Å²) in [4.78, 5) is 21.4. The van der Waals surface area contributed by atoms with Crippen LogP contribution in [-0.4, -0.2) is 25.5 Å². The Labute approximate surface area is 198 Å². The van der Waals surface area contributed by atoms with Crippen molar-refractivity contribution >= 4 is 17.4 Å². The molecule has 6 nitrogen and oxygen atoms in total. The fourth-order valence-electron chi connectivity index (χ4n) is 3.84. The third-order valence-electron chi connectivity index (χ3n) is 5.52. The summed E-state index contributed by atoms with van der Waals surface area (Å²) in [5, 5.41) is 6.99. The number of hydrogen-bond acceptors (Lipinski definition) is 4. The Balaban J connectivity index is 1.53. The van der Waals surface area contributed by atoms with Gasteiger partial charge in [0, 0.05) is 29.1 Å². The molecular formula is C26H18F3N5O. The van der Waals surface area contributed by atoms with Crippen LogP contribution in [-0.2, 0) is 11.2 Å². The van der Waals surface area contributed by atoms with Gasteiger partial charge in [-0.05, 0) is 67.1 Å². The Morgan fingerprint density at radius 3 is 2.49 bits per heavy atom. The molecule has 2 aromatic carbocycles. The molecule has 0 aliphatic rings. The SMILES string of the molecule is Cc1cc(-c2nc3cccnn3c2-c2ccnc(NC(=O)Cc3c(F)cccc3F)c2)ccc1F. The zero-order valence-electron chi connectivity index (χ0n) is 18.5. The van der Waals surface area contributed by atoms with Crippen LogP contribution < -0.4 is 5.32 Å². The highest BCUT2D eigenvalue weighted by atomic mass is 19.1. The summed E-state index contributed by atoms with van der Waals surface area (Å²) >= 11 is 0. The van der Waals surface area contributed by atoms with Crippen LogP contribution in [0, 0.1) is 24.4 Å². The Hall–Kier alpha value is -4.53. The molecule has 0 aliphatic carbocycles. The summed E-state index contributed by atoms with van der Waals surface area (Å²) in [5.74, 6) is -2.34. The van der Waals surface area contributed by atoms with Gasteiger partial charge < -0.3 is 5.32 Å². The maximum Gasteiger partial charge on any atom is 0.230 e. The van der Waals surface area contributed by atoms with Crippen molar-refractivity contribution in [3.63, 3.8) is 0 Å². The predicted octanol–water partition coefficient (Wildman–Crippen LogP) is 5.37. The maximum absolute atomic E-state index is 13.9. The van der Waals surface area contributed by atoms with Crippen LogP contribution in [0.5, 0.6) is 0 Å². The maximum atomic E-state index is 13.9. The second-order valence-electron chi connectivity index (χ2n) is 7.92. The highest BCUT2D eigenvalue weighted by Gasteiger charge is 2.19. The minimum absolute atomic E-state index is 0.191. The average Bonchev–Trinajstić information content (AvgIpc) is 3.23. The molecule has 0 unspecified atom stereocenters. The first kappa shape index (κ1) is 22.3. The number of aromatic nitrogens is 4. The molecule has 1 N–H and O–H groups in total. The molecule has 5 rings (SSSR count). The number of aryl methyl sites for hydroxylation is 1. The van der Waals surface area contributed by atoms with E-state index in [2.05, 4.69) is 20.4 Å². The van der Waals surface area contributed by atoms with Gasteiger partial charge in [-0.3, -0.25) is 4.79 Å². The fraction of sp³-hybridized carbons (Fsp3) is 0.0769. The van der Waals surface area contributed by atoms with Gasteiger partial charge in [0.2, 0.25) is 5.91 Å². The highest BCUT2D eigenvalue weighted by Crippen LogP contribution is 2.33. The second-order valence-corrected chi connectivity index (χ2v) is 7.92. The molecule has 0 atom stereocenters. The van der Waals surface area contributed by atoms with Crippen LogP contribution in [0.15, 0.2) is 73.1 Å². The van der Waals surface area contributed by atoms with E-state index in [1.165, 1.54) is 18.3 Å². The Morgan fingerprint density at radius 2 is 1.71 bits per heavy atom. The fourth-order valence-corrected chi connectivity index (χ4v) is 3.84. The van der Waals surface area contributed by atoms with Crippen LogP contribution in [0.2, 0.25) is 0 Å². The first-order valence-corrected chi connectivity index (χ1v) is 10.7. The Kier molecular flexibility index (Phi) is 5.74. The van der Waals surface area contributed by atoms with E-state index in [-0.39, 0.29) is 17.2 Å². The zero-order valence-corrected chi connectivity index (χ0v) is 18.5. The van der Waals surface area contributed by atoms with E-state index >= 15 is 0 Å². The lowest BCUT2D eigenvalue weighted by molar-refractivity contribution is -0.115. The zero-order chi connectivity index (χ0) is 24.5. The van der Waals surface area contributed by atoms with Gasteiger partial charge in [0.05, 0.1) is 12.1 Å². The molecule has 3 heterocycles. The molecule has 3 aromatic heterocycles. The predicted molar refractivity (Wildman–Crippen MR) is 125 cm³/mol. The molecule has 0 bridgehead atoms. The molecule has 0 saturated heterocycles. The van der Waals surface area contributed by atoms with Gasteiger partial charge in [-0.25, -0.2) is 27.7 Å². The largest absolute Gasteiger partial charge is 0.310 e. The van der Waals surface area contributed by atoms with Gasteiger partial charge in [0.25, 0.3) is 0 Å². The quantitative estimate of drug-likeness (QED) is 0.373. The molecular weight excluding hydrogens is 455 g/mol. The second kappa shape index (κ2) is 9.02. The van der Waals surface area contributed by atoms with Crippen molar-refractivity contribution in [2.75, 3.05) is 5.32 Å². The number of benzene rings is 2. The third-order valence-corrected chi connectivity index (χ3v) is 5.52. The van der Waals surface area contributed by atoms with Crippen molar-refractivity contribution in [2.45, 2.75) is 13.3 Å². The molecule has 1 amide bonds. The van der Waals surface area contributed by atoms with Crippen molar-refractivity contribution in [1.29, 1.82) is 0 Å². The van der Waals surface area contributed by atoms with E-state index in [1.54, 1.807) is 54.0 Å². The van der Waals surface area contributed by atoms with Gasteiger partial charge in [-0.15, -0.1) is 0 Å². The van der Waals surface area contributed by atoms with Crippen LogP contribution in [0.25, 0.3) is 28.2 Å². The summed E-state index contributed by atoms with van der Waals surface area (Å²) in [6.45, 7) is 1.67. The number of halogens is 3. The minimum atomic E-state index is -0.794. The van der Waals surface area contributed by atoms with Crippen LogP contribution in [0.4, 0.5) is 19.0 Å². The number of rotatable bonds is 5. The summed E-state index contributed by atoms with van der Waals surface area (Å²) in [6.07, 6.45) is 2.63. The average molecular weight is 473 g/mol. The van der Waals surface area contributed by atoms with Crippen LogP contribution in [0.3, 0.4) is 0 Å². The van der Waals surface area contributed by atoms with E-state index in [0.29, 0.717) is 33.7 Å². The topological polar surface area (TPSA) is 72.2 Å². The number of nitrogens with zero attached hydrogens (tertiary/aromatic N) is 4. The lowest BCUT2D eigenvalue weighted by Gasteiger charge is -2.09. The Morgan fingerprint density at radius 1 is 0.914 bits per heavy atom. The van der Waals surface area contributed by atoms with Gasteiger partial charge in [-0.1, -0.05) is 6.07 Å². The van der Waals surface area contributed by atoms with Gasteiger partial charge in [0.1, 0.15) is 29.0 Å². The molecule has 0 saturated carbocycles. The van der Waals surface area contributed by atoms with Crippen molar-refractivity contribution in [3.8, 4) is 22.5 Å². The first-order valence-electron chi connectivity index (χ1n) is 10.7. The van der Waals surface area contributed by atoms with Gasteiger partial charge >= 0.3 is 0 Å². The van der Waals surface area contributed by atoms with E-state index in [4.69, 9.17) is 0 Å². The molecule has 0 spiro atoms. The molecule has 0 fully saturated rings. The van der Waals surface area contributed by atoms with Crippen molar-refractivity contribution in [2.24, 2.45) is 0 Å². The first-order chi connectivity index (χ1) is 16.9. The lowest BCUT2D eigenvalue weighted by Crippen LogP contribution is -2.17. The van der Waals surface area contributed by atoms with Crippen LogP contribution >= 0.6 is 0 Å². The molecule has 0 radical (unpaired) electrons. The smallest absolute Gasteiger partial charge is 0.230 e. The number of amides is 1. The van der Waals surface area contributed by atoms with Gasteiger partial charge in [0.15, 0.2) is 5.65 Å². The molecule has 35 heavy (non-hydrogen) atoms. The lowest BCUT2D eigenvalue weighted by atomic mass is 10.0. The molecule has 174 valence electrons. The summed E-state index contributed by atoms with van der Waals surface area (Å²) < 4.78 is 43.4. The molecule has 5 aromatic rings. The number of hydrogen-bond donors (Lipinski definition) is 1. The number of carbonyl (C=O) groups is 1. The summed E-state index contributed by atoms with van der Waals surface area (Å²) in [6, 6.07) is 15.1. The Bertz CT molecular complexity index is 1560. The summed E-state index contributed by atoms with van der Waals surface area (Å²) in [5.41, 5.74) is 3.25. The van der Waals surface area contributed by atoms with E-state index in [9.17, 15) is 18.0 Å². The monoisotopic (exact) mass is 473 g/mol. The molecule has 9 heteroatoms. The van der Waals surface area contributed by atoms with Crippen molar-refractivity contribution in [1.82, 2.24) is 19.6 Å². The number of fused-ring (bicyclic) bond motifs is 1. The van der Waals surface area contributed by atoms with E-state index in [0.717, 1.165) is 12.1 Å². The van der Waals surface area contributed by atoms with Crippen molar-refractivity contribution < 1.29 is 18.0 Å².